The van der Waals surface area contributed by atoms with Crippen LogP contribution in [-0.2, 0) is 0 Å². The molecule has 5 fully saturated rings. The van der Waals surface area contributed by atoms with Crippen LogP contribution in [0.2, 0.25) is 0 Å². The first kappa shape index (κ1) is 13.6. The van der Waals surface area contributed by atoms with Crippen molar-refractivity contribution in [2.75, 3.05) is 13.2 Å². The van der Waals surface area contributed by atoms with Gasteiger partial charge in [0.1, 0.15) is 0 Å². The summed E-state index contributed by atoms with van der Waals surface area (Å²) in [7, 11) is 0. The summed E-state index contributed by atoms with van der Waals surface area (Å²) in [4.78, 5) is 0. The molecule has 0 aromatic carbocycles. The Labute approximate surface area is 123 Å². The Morgan fingerprint density at radius 3 is 2.00 bits per heavy atom. The van der Waals surface area contributed by atoms with E-state index in [1.54, 1.807) is 6.42 Å². The monoisotopic (exact) mass is 277 g/mol. The first-order valence-corrected chi connectivity index (χ1v) is 9.12. The quantitative estimate of drug-likeness (QED) is 0.826. The Bertz CT molecular complexity index is 319. The normalized spacial score (nSPS) is 45.8. The molecule has 0 radical (unpaired) electrons. The van der Waals surface area contributed by atoms with Crippen molar-refractivity contribution >= 4 is 0 Å². The van der Waals surface area contributed by atoms with Crippen molar-refractivity contribution in [1.82, 2.24) is 5.32 Å². The standard InChI is InChI=1S/C18H31NO/c20-12-18(4-2-1-3-5-18)11-19-17-15-7-13-6-14(9-15)10-16(17)8-13/h13-17,19-20H,1-12H2. The maximum atomic E-state index is 9.88. The smallest absolute Gasteiger partial charge is 0.0499 e. The lowest BCUT2D eigenvalue weighted by atomic mass is 9.54. The highest BCUT2D eigenvalue weighted by Gasteiger charge is 2.48. The molecular weight excluding hydrogens is 246 g/mol. The molecule has 0 atom stereocenters. The number of hydrogen-bond acceptors (Lipinski definition) is 2. The van der Waals surface area contributed by atoms with Crippen molar-refractivity contribution < 1.29 is 5.11 Å². The minimum Gasteiger partial charge on any atom is -0.396 e. The van der Waals surface area contributed by atoms with Crippen molar-refractivity contribution in [3.63, 3.8) is 0 Å². The van der Waals surface area contributed by atoms with Gasteiger partial charge in [-0.15, -0.1) is 0 Å². The molecule has 2 N–H and O–H groups in total. The van der Waals surface area contributed by atoms with E-state index in [0.29, 0.717) is 6.61 Å². The summed E-state index contributed by atoms with van der Waals surface area (Å²) in [6, 6.07) is 0.785. The van der Waals surface area contributed by atoms with E-state index in [1.807, 2.05) is 0 Å². The number of aliphatic hydroxyl groups is 1. The summed E-state index contributed by atoms with van der Waals surface area (Å²) in [5, 5.41) is 13.8. The zero-order chi connectivity index (χ0) is 13.6. The van der Waals surface area contributed by atoms with Gasteiger partial charge >= 0.3 is 0 Å². The third kappa shape index (κ3) is 2.33. The molecule has 5 saturated carbocycles. The van der Waals surface area contributed by atoms with Crippen molar-refractivity contribution in [3.8, 4) is 0 Å². The van der Waals surface area contributed by atoms with Gasteiger partial charge in [-0.3, -0.25) is 0 Å². The molecule has 20 heavy (non-hydrogen) atoms. The average Bonchev–Trinajstić information content (AvgIpc) is 2.47. The van der Waals surface area contributed by atoms with E-state index in [4.69, 9.17) is 0 Å². The van der Waals surface area contributed by atoms with Crippen LogP contribution >= 0.6 is 0 Å². The van der Waals surface area contributed by atoms with Crippen molar-refractivity contribution in [1.29, 1.82) is 0 Å². The molecule has 0 spiro atoms. The highest BCUT2D eigenvalue weighted by atomic mass is 16.3. The molecule has 0 unspecified atom stereocenters. The maximum absolute atomic E-state index is 9.88. The van der Waals surface area contributed by atoms with Crippen LogP contribution in [0.5, 0.6) is 0 Å². The molecule has 0 aromatic heterocycles. The molecule has 5 rings (SSSR count). The summed E-state index contributed by atoms with van der Waals surface area (Å²) in [6.07, 6.45) is 14.0. The fourth-order valence-electron chi connectivity index (χ4n) is 6.29. The van der Waals surface area contributed by atoms with Crippen LogP contribution in [0.1, 0.15) is 64.2 Å². The van der Waals surface area contributed by atoms with Gasteiger partial charge < -0.3 is 10.4 Å². The molecule has 0 aromatic rings. The van der Waals surface area contributed by atoms with E-state index < -0.39 is 0 Å². The largest absolute Gasteiger partial charge is 0.396 e. The van der Waals surface area contributed by atoms with E-state index in [-0.39, 0.29) is 5.41 Å². The van der Waals surface area contributed by atoms with E-state index >= 15 is 0 Å². The minimum absolute atomic E-state index is 0.215. The summed E-state index contributed by atoms with van der Waals surface area (Å²) in [5.41, 5.74) is 0.215. The zero-order valence-electron chi connectivity index (χ0n) is 12.8. The van der Waals surface area contributed by atoms with Crippen LogP contribution in [0.15, 0.2) is 0 Å². The Kier molecular flexibility index (Phi) is 3.58. The Hall–Kier alpha value is -0.0800. The lowest BCUT2D eigenvalue weighted by molar-refractivity contribution is -0.0224. The molecule has 2 heteroatoms. The van der Waals surface area contributed by atoms with Gasteiger partial charge in [0.2, 0.25) is 0 Å². The molecule has 0 aliphatic heterocycles. The van der Waals surface area contributed by atoms with Gasteiger partial charge in [-0.25, -0.2) is 0 Å². The van der Waals surface area contributed by atoms with Gasteiger partial charge in [-0.1, -0.05) is 19.3 Å². The molecular formula is C18H31NO. The predicted molar refractivity (Wildman–Crippen MR) is 81.4 cm³/mol. The molecule has 0 amide bonds. The third-order valence-electron chi connectivity index (χ3n) is 7.19. The molecule has 4 bridgehead atoms. The van der Waals surface area contributed by atoms with Gasteiger partial charge in [-0.2, -0.15) is 0 Å². The van der Waals surface area contributed by atoms with Crippen molar-refractivity contribution in [2.24, 2.45) is 29.1 Å². The van der Waals surface area contributed by atoms with Crippen LogP contribution < -0.4 is 5.32 Å². The van der Waals surface area contributed by atoms with Gasteiger partial charge in [0.05, 0.1) is 0 Å². The van der Waals surface area contributed by atoms with E-state index in [1.165, 1.54) is 57.8 Å². The number of aliphatic hydroxyl groups excluding tert-OH is 1. The van der Waals surface area contributed by atoms with Crippen LogP contribution in [-0.4, -0.2) is 24.3 Å². The molecule has 114 valence electrons. The second-order valence-electron chi connectivity index (χ2n) is 8.56. The van der Waals surface area contributed by atoms with Crippen molar-refractivity contribution in [2.45, 2.75) is 70.3 Å². The second-order valence-corrected chi connectivity index (χ2v) is 8.56. The Morgan fingerprint density at radius 2 is 1.45 bits per heavy atom. The van der Waals surface area contributed by atoms with Gasteiger partial charge in [0.15, 0.2) is 0 Å². The first-order valence-electron chi connectivity index (χ1n) is 9.12. The highest BCUT2D eigenvalue weighted by Crippen LogP contribution is 2.53. The SMILES string of the molecule is OCC1(CNC2C3CC4CC(C3)CC2C4)CCCCC1. The number of nitrogens with one attached hydrogen (secondary N) is 1. The Morgan fingerprint density at radius 1 is 0.850 bits per heavy atom. The molecule has 5 aliphatic carbocycles. The Balaban J connectivity index is 1.39. The van der Waals surface area contributed by atoms with E-state index in [0.717, 1.165) is 36.3 Å². The lowest BCUT2D eigenvalue weighted by Crippen LogP contribution is -2.56. The topological polar surface area (TPSA) is 32.3 Å². The number of rotatable bonds is 4. The lowest BCUT2D eigenvalue weighted by Gasteiger charge is -2.55. The van der Waals surface area contributed by atoms with Gasteiger partial charge in [0.25, 0.3) is 0 Å². The van der Waals surface area contributed by atoms with Crippen LogP contribution in [0.4, 0.5) is 0 Å². The van der Waals surface area contributed by atoms with E-state index in [9.17, 15) is 5.11 Å². The predicted octanol–water partition coefficient (Wildman–Crippen LogP) is 3.34. The van der Waals surface area contributed by atoms with E-state index in [2.05, 4.69) is 5.32 Å². The molecule has 5 aliphatic rings. The first-order chi connectivity index (χ1) is 9.78. The summed E-state index contributed by atoms with van der Waals surface area (Å²) in [6.45, 7) is 1.48. The fourth-order valence-corrected chi connectivity index (χ4v) is 6.29. The molecule has 0 heterocycles. The average molecular weight is 277 g/mol. The third-order valence-corrected chi connectivity index (χ3v) is 7.19. The highest BCUT2D eigenvalue weighted by molar-refractivity contribution is 5.02. The summed E-state index contributed by atoms with van der Waals surface area (Å²) in [5.74, 6) is 4.06. The summed E-state index contributed by atoms with van der Waals surface area (Å²) >= 11 is 0. The van der Waals surface area contributed by atoms with Crippen LogP contribution in [0.25, 0.3) is 0 Å². The maximum Gasteiger partial charge on any atom is 0.0499 e. The molecule has 2 nitrogen and oxygen atoms in total. The van der Waals surface area contributed by atoms with Crippen LogP contribution in [0.3, 0.4) is 0 Å². The fraction of sp³-hybridized carbons (Fsp3) is 1.00. The molecule has 0 saturated heterocycles. The minimum atomic E-state index is 0.215. The van der Waals surface area contributed by atoms with Gasteiger partial charge in [0, 0.05) is 24.6 Å². The van der Waals surface area contributed by atoms with Crippen molar-refractivity contribution in [3.05, 3.63) is 0 Å². The van der Waals surface area contributed by atoms with Crippen LogP contribution in [0, 0.1) is 29.1 Å². The summed E-state index contributed by atoms with van der Waals surface area (Å²) < 4.78 is 0. The van der Waals surface area contributed by atoms with Gasteiger partial charge in [-0.05, 0) is 68.6 Å². The zero-order valence-corrected chi connectivity index (χ0v) is 12.8. The second kappa shape index (κ2) is 5.28. The number of hydrogen-bond donors (Lipinski definition) is 2.